The van der Waals surface area contributed by atoms with Crippen LogP contribution in [0, 0.1) is 0 Å². The predicted octanol–water partition coefficient (Wildman–Crippen LogP) is 12.9. The van der Waals surface area contributed by atoms with Crippen LogP contribution in [0.25, 0.3) is 0 Å². The first-order valence-corrected chi connectivity index (χ1v) is 16.9. The second-order valence-electron chi connectivity index (χ2n) is 2.08. The monoisotopic (exact) mass is 900 g/mol. The van der Waals surface area contributed by atoms with Crippen LogP contribution in [0.3, 0.4) is 0 Å². The number of aliphatic hydroxyl groups is 2. The van der Waals surface area contributed by atoms with Crippen molar-refractivity contribution in [3.8, 4) is 0 Å². The molecular formula is C12H24Cl20O2. The van der Waals surface area contributed by atoms with Gasteiger partial charge in [0.1, 0.15) is 0 Å². The van der Waals surface area contributed by atoms with E-state index >= 15 is 0 Å². The molecule has 0 aliphatic carbocycles. The first-order valence-electron chi connectivity index (χ1n) is 6.53. The van der Waals surface area contributed by atoms with Gasteiger partial charge in [0.25, 0.3) is 0 Å². The largest absolute Gasteiger partial charge is 0.393 e. The van der Waals surface area contributed by atoms with Gasteiger partial charge in [-0.3, -0.25) is 0 Å². The molecule has 2 nitrogen and oxygen atoms in total. The van der Waals surface area contributed by atoms with Crippen LogP contribution in [0.1, 0.15) is 0 Å². The summed E-state index contributed by atoms with van der Waals surface area (Å²) < 4.78 is -1.36. The SMILES string of the molecule is ClCCl.ClCCl.ClCCl.ClCCl.ClCCl.ClCCl.ClCCl.ClCCl.ClCCl.OCC(Cl)(Cl)CO. The highest BCUT2D eigenvalue weighted by atomic mass is 35.6. The molecule has 0 saturated carbocycles. The molecule has 0 heterocycles. The molecule has 0 fully saturated rings. The van der Waals surface area contributed by atoms with E-state index in [0.29, 0.717) is 0 Å². The van der Waals surface area contributed by atoms with Crippen LogP contribution in [-0.4, -0.2) is 75.8 Å². The Labute approximate surface area is 303 Å². The van der Waals surface area contributed by atoms with Gasteiger partial charge in [-0.15, -0.1) is 209 Å². The maximum atomic E-state index is 8.17. The molecular weight excluding hydrogens is 885 g/mol. The van der Waals surface area contributed by atoms with Crippen LogP contribution in [0.15, 0.2) is 0 Å². The minimum atomic E-state index is -1.36. The predicted molar refractivity (Wildman–Crippen MR) is 178 cm³/mol. The topological polar surface area (TPSA) is 40.5 Å². The highest BCUT2D eigenvalue weighted by Gasteiger charge is 2.20. The number of rotatable bonds is 2. The third-order valence-corrected chi connectivity index (χ3v) is 0.941. The molecule has 0 rings (SSSR count). The average molecular weight is 909 g/mol. The van der Waals surface area contributed by atoms with E-state index < -0.39 is 17.5 Å². The molecule has 22 heteroatoms. The van der Waals surface area contributed by atoms with Crippen molar-refractivity contribution in [2.75, 3.05) is 61.3 Å². The van der Waals surface area contributed by atoms with Crippen molar-refractivity contribution in [3.63, 3.8) is 0 Å². The van der Waals surface area contributed by atoms with Gasteiger partial charge in [-0.25, -0.2) is 0 Å². The van der Waals surface area contributed by atoms with E-state index in [1.165, 1.54) is 0 Å². The molecule has 0 bridgehead atoms. The lowest BCUT2D eigenvalue weighted by Crippen LogP contribution is -2.22. The summed E-state index contributed by atoms with van der Waals surface area (Å²) in [7, 11) is 0. The van der Waals surface area contributed by atoms with Crippen molar-refractivity contribution < 1.29 is 10.2 Å². The van der Waals surface area contributed by atoms with Crippen LogP contribution in [0.4, 0.5) is 0 Å². The van der Waals surface area contributed by atoms with Crippen molar-refractivity contribution in [1.82, 2.24) is 0 Å². The lowest BCUT2D eigenvalue weighted by Gasteiger charge is -2.10. The summed E-state index contributed by atoms with van der Waals surface area (Å²) in [6.45, 7) is -0.848. The molecule has 0 aromatic carbocycles. The van der Waals surface area contributed by atoms with Crippen molar-refractivity contribution in [2.24, 2.45) is 0 Å². The average Bonchev–Trinajstić information content (AvgIpc) is 2.73. The van der Waals surface area contributed by atoms with Gasteiger partial charge in [0.2, 0.25) is 0 Å². The van der Waals surface area contributed by atoms with Crippen LogP contribution in [0.2, 0.25) is 0 Å². The summed E-state index contributed by atoms with van der Waals surface area (Å²) >= 11 is 96.1. The molecule has 224 valence electrons. The summed E-state index contributed by atoms with van der Waals surface area (Å²) in [6.07, 6.45) is 0. The van der Waals surface area contributed by atoms with Gasteiger partial charge in [-0.2, -0.15) is 0 Å². The van der Waals surface area contributed by atoms with E-state index in [-0.39, 0.29) is 48.1 Å². The summed E-state index contributed by atoms with van der Waals surface area (Å²) in [4.78, 5) is 0. The number of hydrogen-bond acceptors (Lipinski definition) is 2. The molecule has 0 aliphatic rings. The Morgan fingerprint density at radius 1 is 0.294 bits per heavy atom. The van der Waals surface area contributed by atoms with Gasteiger partial charge in [0.15, 0.2) is 4.33 Å². The number of hydrogen-bond donors (Lipinski definition) is 2. The van der Waals surface area contributed by atoms with E-state index in [0.717, 1.165) is 0 Å². The quantitative estimate of drug-likeness (QED) is 0.271. The number of halogens is 20. The Morgan fingerprint density at radius 2 is 0.353 bits per heavy atom. The van der Waals surface area contributed by atoms with E-state index in [1.807, 2.05) is 0 Å². The van der Waals surface area contributed by atoms with Crippen LogP contribution >= 0.6 is 232 Å². The smallest absolute Gasteiger partial charge is 0.163 e. The second-order valence-corrected chi connectivity index (χ2v) is 11.0. The van der Waals surface area contributed by atoms with Crippen molar-refractivity contribution in [2.45, 2.75) is 4.33 Å². The van der Waals surface area contributed by atoms with Gasteiger partial charge >= 0.3 is 0 Å². The highest BCUT2D eigenvalue weighted by Crippen LogP contribution is 2.17. The summed E-state index contributed by atoms with van der Waals surface area (Å²) in [5.74, 6) is 0. The van der Waals surface area contributed by atoms with Gasteiger partial charge in [-0.1, -0.05) is 23.2 Å². The van der Waals surface area contributed by atoms with Gasteiger partial charge < -0.3 is 10.2 Å². The standard InChI is InChI=1S/C3H6Cl2O2.9CH2Cl2/c4-3(5,1-6)2-7;9*2-1-3/h6-7H,1-2H2;9*1H2. The minimum absolute atomic E-state index is 0.194. The van der Waals surface area contributed by atoms with E-state index in [2.05, 4.69) is 0 Å². The Balaban J connectivity index is -0.0000000241. The fourth-order valence-electron chi connectivity index (χ4n) is 0.0500. The molecule has 0 aliphatic heterocycles. The zero-order valence-electron chi connectivity index (χ0n) is 16.7. The molecule has 2 N–H and O–H groups in total. The molecule has 0 atom stereocenters. The maximum absolute atomic E-state index is 8.17. The summed E-state index contributed by atoms with van der Waals surface area (Å²) in [6, 6.07) is 0. The molecule has 0 saturated heterocycles. The number of aliphatic hydroxyl groups excluding tert-OH is 2. The Morgan fingerprint density at radius 3 is 0.353 bits per heavy atom. The Bertz CT molecular complexity index is 142. The molecule has 0 unspecified atom stereocenters. The van der Waals surface area contributed by atoms with Crippen LogP contribution < -0.4 is 0 Å². The van der Waals surface area contributed by atoms with E-state index in [1.54, 1.807) is 0 Å². The van der Waals surface area contributed by atoms with Crippen molar-refractivity contribution in [1.29, 1.82) is 0 Å². The second kappa shape index (κ2) is 107. The normalized spacial score (nSPS) is 7.24. The van der Waals surface area contributed by atoms with E-state index in [4.69, 9.17) is 242 Å². The van der Waals surface area contributed by atoms with Crippen LogP contribution in [-0.2, 0) is 0 Å². The van der Waals surface area contributed by atoms with Crippen molar-refractivity contribution >= 4 is 232 Å². The lowest BCUT2D eigenvalue weighted by molar-refractivity contribution is 0.208. The van der Waals surface area contributed by atoms with Gasteiger partial charge in [0, 0.05) is 0 Å². The Kier molecular flexibility index (Phi) is 212. The fraction of sp³-hybridized carbons (Fsp3) is 1.00. The first kappa shape index (κ1) is 67.4. The van der Waals surface area contributed by atoms with Crippen molar-refractivity contribution in [3.05, 3.63) is 0 Å². The number of alkyl halides is 20. The van der Waals surface area contributed by atoms with Crippen LogP contribution in [0.5, 0.6) is 0 Å². The zero-order valence-corrected chi connectivity index (χ0v) is 31.9. The maximum Gasteiger partial charge on any atom is 0.163 e. The first-order chi connectivity index (χ1) is 15.8. The third-order valence-electron chi connectivity index (χ3n) is 0.463. The Hall–Kier alpha value is 5.72. The van der Waals surface area contributed by atoms with Gasteiger partial charge in [0.05, 0.1) is 61.3 Å². The summed E-state index contributed by atoms with van der Waals surface area (Å²) in [5, 5.41) is 18.1. The highest BCUT2D eigenvalue weighted by molar-refractivity contribution is 6.48. The molecule has 0 aromatic heterocycles. The minimum Gasteiger partial charge on any atom is -0.393 e. The molecule has 0 radical (unpaired) electrons. The molecule has 0 spiro atoms. The zero-order chi connectivity index (χ0) is 30.3. The molecule has 0 amide bonds. The summed E-state index contributed by atoms with van der Waals surface area (Å²) in [5.41, 5.74) is 0. The molecule has 34 heavy (non-hydrogen) atoms. The molecule has 0 aromatic rings. The fourth-order valence-corrected chi connectivity index (χ4v) is 0.0500. The third kappa shape index (κ3) is 370. The van der Waals surface area contributed by atoms with E-state index in [9.17, 15) is 0 Å². The lowest BCUT2D eigenvalue weighted by atomic mass is 10.5. The van der Waals surface area contributed by atoms with Gasteiger partial charge in [-0.05, 0) is 0 Å².